The third-order valence-corrected chi connectivity index (χ3v) is 5.22. The molecular formula is C21H19N5O2S. The van der Waals surface area contributed by atoms with Crippen LogP contribution in [-0.4, -0.2) is 31.2 Å². The van der Waals surface area contributed by atoms with Crippen molar-refractivity contribution >= 4 is 29.1 Å². The molecule has 8 heteroatoms. The Hall–Kier alpha value is -3.39. The molecule has 0 saturated heterocycles. The van der Waals surface area contributed by atoms with E-state index in [4.69, 9.17) is 0 Å². The van der Waals surface area contributed by atoms with E-state index in [0.29, 0.717) is 23.0 Å². The highest BCUT2D eigenvalue weighted by Crippen LogP contribution is 2.16. The molecule has 7 nitrogen and oxygen atoms in total. The van der Waals surface area contributed by atoms with Crippen molar-refractivity contribution in [2.45, 2.75) is 12.7 Å². The first kappa shape index (κ1) is 18.9. The van der Waals surface area contributed by atoms with Gasteiger partial charge in [-0.25, -0.2) is 4.98 Å². The molecule has 0 bridgehead atoms. The van der Waals surface area contributed by atoms with Crippen molar-refractivity contribution in [3.8, 4) is 11.4 Å². The molecule has 0 unspecified atom stereocenters. The summed E-state index contributed by atoms with van der Waals surface area (Å²) in [5.74, 6) is 1.52. The summed E-state index contributed by atoms with van der Waals surface area (Å²) in [6.07, 6.45) is 0. The number of hydrogen-bond donors (Lipinski definition) is 2. The third-order valence-electron chi connectivity index (χ3n) is 4.25. The molecule has 0 saturated carbocycles. The highest BCUT2D eigenvalue weighted by atomic mass is 32.2. The third kappa shape index (κ3) is 4.55. The zero-order valence-corrected chi connectivity index (χ0v) is 16.6. The van der Waals surface area contributed by atoms with Gasteiger partial charge in [-0.15, -0.1) is 11.8 Å². The van der Waals surface area contributed by atoms with Crippen LogP contribution in [-0.2, 0) is 10.5 Å². The standard InChI is InChI=1S/C21H19N5O2S/c1-14-7-9-16(10-8-14)22-18(27)13-29-12-17-11-19(28)26-21(23-17)24-20(25-26)15-5-3-2-4-6-15/h2-11H,12-13H2,1H3,(H,22,27)(H,23,24,25). The van der Waals surface area contributed by atoms with Crippen LogP contribution >= 0.6 is 11.8 Å². The molecular weight excluding hydrogens is 386 g/mol. The number of aromatic nitrogens is 4. The van der Waals surface area contributed by atoms with Gasteiger partial charge in [0.15, 0.2) is 5.82 Å². The fourth-order valence-corrected chi connectivity index (χ4v) is 3.53. The molecule has 0 spiro atoms. The number of thioether (sulfide) groups is 1. The quantitative estimate of drug-likeness (QED) is 0.514. The monoisotopic (exact) mass is 405 g/mol. The van der Waals surface area contributed by atoms with Gasteiger partial charge in [-0.1, -0.05) is 48.0 Å². The Bertz CT molecular complexity index is 1200. The van der Waals surface area contributed by atoms with E-state index in [1.807, 2.05) is 61.5 Å². The number of anilines is 1. The second-order valence-corrected chi connectivity index (χ2v) is 7.55. The zero-order valence-electron chi connectivity index (χ0n) is 15.8. The van der Waals surface area contributed by atoms with Gasteiger partial charge in [-0.2, -0.15) is 9.50 Å². The Kier molecular flexibility index (Phi) is 5.44. The summed E-state index contributed by atoms with van der Waals surface area (Å²) < 4.78 is 1.32. The van der Waals surface area contributed by atoms with Gasteiger partial charge in [0.2, 0.25) is 5.91 Å². The van der Waals surface area contributed by atoms with Crippen molar-refractivity contribution in [1.82, 2.24) is 19.6 Å². The van der Waals surface area contributed by atoms with Crippen molar-refractivity contribution in [3.05, 3.63) is 82.3 Å². The largest absolute Gasteiger partial charge is 0.325 e. The minimum absolute atomic E-state index is 0.0946. The molecule has 29 heavy (non-hydrogen) atoms. The van der Waals surface area contributed by atoms with Gasteiger partial charge in [0, 0.05) is 23.1 Å². The van der Waals surface area contributed by atoms with Gasteiger partial charge < -0.3 is 5.32 Å². The molecule has 2 heterocycles. The van der Waals surface area contributed by atoms with Crippen LogP contribution in [0.3, 0.4) is 0 Å². The molecule has 0 fully saturated rings. The number of aromatic amines is 1. The Labute approximate surface area is 171 Å². The van der Waals surface area contributed by atoms with Crippen LogP contribution in [0.25, 0.3) is 17.2 Å². The van der Waals surface area contributed by atoms with Crippen LogP contribution < -0.4 is 10.9 Å². The molecule has 2 aromatic heterocycles. The smallest absolute Gasteiger partial charge is 0.274 e. The van der Waals surface area contributed by atoms with Crippen LogP contribution in [0.4, 0.5) is 5.69 Å². The molecule has 0 aliphatic heterocycles. The molecule has 0 aliphatic carbocycles. The summed E-state index contributed by atoms with van der Waals surface area (Å²) in [6.45, 7) is 2.00. The van der Waals surface area contributed by atoms with Gasteiger partial charge in [-0.3, -0.25) is 14.7 Å². The van der Waals surface area contributed by atoms with Crippen LogP contribution in [0, 0.1) is 6.92 Å². The number of benzene rings is 2. The second kappa shape index (κ2) is 8.32. The van der Waals surface area contributed by atoms with Gasteiger partial charge in [-0.05, 0) is 19.1 Å². The summed E-state index contributed by atoms with van der Waals surface area (Å²) >= 11 is 1.40. The van der Waals surface area contributed by atoms with Crippen LogP contribution in [0.2, 0.25) is 0 Å². The number of hydrogen-bond acceptors (Lipinski definition) is 5. The molecule has 0 aliphatic rings. The van der Waals surface area contributed by atoms with E-state index >= 15 is 0 Å². The predicted octanol–water partition coefficient (Wildman–Crippen LogP) is 3.26. The van der Waals surface area contributed by atoms with Crippen LogP contribution in [0.15, 0.2) is 65.5 Å². The maximum Gasteiger partial charge on any atom is 0.274 e. The molecule has 2 aromatic carbocycles. The van der Waals surface area contributed by atoms with E-state index < -0.39 is 0 Å². The summed E-state index contributed by atoms with van der Waals surface area (Å²) in [5.41, 5.74) is 3.14. The van der Waals surface area contributed by atoms with E-state index in [-0.39, 0.29) is 17.2 Å². The minimum atomic E-state index is -0.232. The fraction of sp³-hybridized carbons (Fsp3) is 0.143. The summed E-state index contributed by atoms with van der Waals surface area (Å²) in [4.78, 5) is 33.3. The number of nitrogens with zero attached hydrogens (tertiary/aromatic N) is 3. The molecule has 4 aromatic rings. The Morgan fingerprint density at radius 1 is 1.10 bits per heavy atom. The zero-order chi connectivity index (χ0) is 20.2. The van der Waals surface area contributed by atoms with E-state index in [0.717, 1.165) is 16.8 Å². The molecule has 1 amide bonds. The molecule has 0 atom stereocenters. The molecule has 2 N–H and O–H groups in total. The molecule has 4 rings (SSSR count). The number of fused-ring (bicyclic) bond motifs is 1. The van der Waals surface area contributed by atoms with Crippen LogP contribution in [0.5, 0.6) is 0 Å². The van der Waals surface area contributed by atoms with Crippen molar-refractivity contribution < 1.29 is 4.79 Å². The highest BCUT2D eigenvalue weighted by Gasteiger charge is 2.10. The lowest BCUT2D eigenvalue weighted by Crippen LogP contribution is -2.16. The average Bonchev–Trinajstić information content (AvgIpc) is 3.15. The average molecular weight is 405 g/mol. The Morgan fingerprint density at radius 3 is 2.62 bits per heavy atom. The summed E-state index contributed by atoms with van der Waals surface area (Å²) in [5, 5.41) is 5.83. The van der Waals surface area contributed by atoms with E-state index in [2.05, 4.69) is 20.4 Å². The molecule has 146 valence electrons. The minimum Gasteiger partial charge on any atom is -0.325 e. The first-order chi connectivity index (χ1) is 14.1. The van der Waals surface area contributed by atoms with Crippen molar-refractivity contribution in [3.63, 3.8) is 0 Å². The van der Waals surface area contributed by atoms with E-state index in [1.54, 1.807) is 0 Å². The predicted molar refractivity (Wildman–Crippen MR) is 115 cm³/mol. The van der Waals surface area contributed by atoms with Crippen LogP contribution in [0.1, 0.15) is 11.3 Å². The van der Waals surface area contributed by atoms with Crippen molar-refractivity contribution in [2.24, 2.45) is 0 Å². The number of nitrogens with one attached hydrogen (secondary N) is 2. The Balaban J connectivity index is 1.41. The number of carbonyl (C=O) groups is 1. The summed E-state index contributed by atoms with van der Waals surface area (Å²) in [7, 11) is 0. The maximum atomic E-state index is 12.4. The Morgan fingerprint density at radius 2 is 1.86 bits per heavy atom. The lowest BCUT2D eigenvalue weighted by Gasteiger charge is -2.05. The number of rotatable bonds is 6. The fourth-order valence-electron chi connectivity index (χ4n) is 2.81. The number of carbonyl (C=O) groups excluding carboxylic acids is 1. The van der Waals surface area contributed by atoms with Crippen molar-refractivity contribution in [2.75, 3.05) is 11.1 Å². The van der Waals surface area contributed by atoms with Gasteiger partial charge >= 0.3 is 0 Å². The topological polar surface area (TPSA) is 92.2 Å². The first-order valence-electron chi connectivity index (χ1n) is 9.07. The lowest BCUT2D eigenvalue weighted by atomic mass is 10.2. The first-order valence-corrected chi connectivity index (χ1v) is 10.2. The van der Waals surface area contributed by atoms with E-state index in [1.165, 1.54) is 22.3 Å². The normalized spacial score (nSPS) is 10.9. The number of aryl methyl sites for hydroxylation is 1. The van der Waals surface area contributed by atoms with Crippen molar-refractivity contribution in [1.29, 1.82) is 0 Å². The van der Waals surface area contributed by atoms with Gasteiger partial charge in [0.1, 0.15) is 0 Å². The second-order valence-electron chi connectivity index (χ2n) is 6.57. The van der Waals surface area contributed by atoms with Gasteiger partial charge in [0.05, 0.1) is 11.4 Å². The number of H-pyrrole nitrogens is 1. The molecule has 0 radical (unpaired) electrons. The number of amides is 1. The summed E-state index contributed by atoms with van der Waals surface area (Å²) in [6, 6.07) is 18.6. The highest BCUT2D eigenvalue weighted by molar-refractivity contribution is 7.99. The SMILES string of the molecule is Cc1ccc(NC(=O)CSCc2cc(=O)n3[nH]c(-c4ccccc4)nc3n2)cc1. The van der Waals surface area contributed by atoms with Gasteiger partial charge in [0.25, 0.3) is 11.3 Å². The van der Waals surface area contributed by atoms with E-state index in [9.17, 15) is 9.59 Å². The maximum absolute atomic E-state index is 12.4. The lowest BCUT2D eigenvalue weighted by molar-refractivity contribution is -0.113.